The maximum atomic E-state index is 5.23. The van der Waals surface area contributed by atoms with Crippen molar-refractivity contribution in [2.45, 2.75) is 25.0 Å². The van der Waals surface area contributed by atoms with E-state index in [1.807, 2.05) is 7.05 Å². The van der Waals surface area contributed by atoms with Gasteiger partial charge in [0.2, 0.25) is 0 Å². The van der Waals surface area contributed by atoms with Gasteiger partial charge in [0.1, 0.15) is 0 Å². The van der Waals surface area contributed by atoms with Crippen molar-refractivity contribution in [2.75, 3.05) is 32.4 Å². The van der Waals surface area contributed by atoms with Gasteiger partial charge in [0, 0.05) is 44.1 Å². The van der Waals surface area contributed by atoms with Crippen LogP contribution in [0.3, 0.4) is 0 Å². The fourth-order valence-corrected chi connectivity index (χ4v) is 2.92. The molecule has 1 unspecified atom stereocenters. The van der Waals surface area contributed by atoms with E-state index in [-0.39, 0.29) is 0 Å². The molecule has 0 aromatic heterocycles. The van der Waals surface area contributed by atoms with E-state index in [0.29, 0.717) is 0 Å². The van der Waals surface area contributed by atoms with Gasteiger partial charge in [-0.1, -0.05) is 6.92 Å². The average molecular weight is 239 g/mol. The Bertz CT molecular complexity index is 270. The molecule has 1 aliphatic rings. The summed E-state index contributed by atoms with van der Waals surface area (Å²) in [6.07, 6.45) is 7.20. The second kappa shape index (κ2) is 7.45. The Kier molecular flexibility index (Phi) is 6.17. The van der Waals surface area contributed by atoms with Crippen molar-refractivity contribution in [3.63, 3.8) is 0 Å². The first kappa shape index (κ1) is 13.2. The summed E-state index contributed by atoms with van der Waals surface area (Å²) >= 11 is 2.07. The SMILES string of the molecule is C#CCCNC(=NC)N1CCSC(CC)C1. The largest absolute Gasteiger partial charge is 0.355 e. The quantitative estimate of drug-likeness (QED) is 0.349. The Morgan fingerprint density at radius 3 is 3.12 bits per heavy atom. The van der Waals surface area contributed by atoms with E-state index in [1.165, 1.54) is 12.2 Å². The van der Waals surface area contributed by atoms with E-state index >= 15 is 0 Å². The third kappa shape index (κ3) is 3.97. The number of nitrogens with one attached hydrogen (secondary N) is 1. The number of terminal acetylenes is 1. The average Bonchev–Trinajstić information content (AvgIpc) is 2.35. The number of rotatable bonds is 3. The summed E-state index contributed by atoms with van der Waals surface area (Å²) in [5.41, 5.74) is 0. The second-order valence-corrected chi connectivity index (χ2v) is 5.18. The molecule has 1 heterocycles. The van der Waals surface area contributed by atoms with E-state index in [0.717, 1.165) is 37.3 Å². The van der Waals surface area contributed by atoms with Crippen molar-refractivity contribution in [1.29, 1.82) is 0 Å². The summed E-state index contributed by atoms with van der Waals surface area (Å²) in [6.45, 7) is 5.23. The number of thioether (sulfide) groups is 1. The van der Waals surface area contributed by atoms with Crippen LogP contribution in [0.25, 0.3) is 0 Å². The van der Waals surface area contributed by atoms with Crippen LogP contribution < -0.4 is 5.32 Å². The van der Waals surface area contributed by atoms with Crippen LogP contribution >= 0.6 is 11.8 Å². The first-order valence-electron chi connectivity index (χ1n) is 5.82. The molecule has 0 bridgehead atoms. The molecule has 1 N–H and O–H groups in total. The van der Waals surface area contributed by atoms with Gasteiger partial charge in [0.25, 0.3) is 0 Å². The minimum atomic E-state index is 0.736. The first-order valence-corrected chi connectivity index (χ1v) is 6.87. The predicted octanol–water partition coefficient (Wildman–Crippen LogP) is 1.41. The van der Waals surface area contributed by atoms with E-state index < -0.39 is 0 Å². The molecule has 0 saturated carbocycles. The van der Waals surface area contributed by atoms with Gasteiger partial charge in [-0.15, -0.1) is 12.3 Å². The molecule has 16 heavy (non-hydrogen) atoms. The Hall–Kier alpha value is -0.820. The number of guanidine groups is 1. The zero-order chi connectivity index (χ0) is 11.8. The van der Waals surface area contributed by atoms with Crippen LogP contribution in [0.2, 0.25) is 0 Å². The van der Waals surface area contributed by atoms with E-state index in [2.05, 4.69) is 39.8 Å². The van der Waals surface area contributed by atoms with Crippen molar-refractivity contribution < 1.29 is 0 Å². The standard InChI is InChI=1S/C12H21N3S/c1-4-6-7-14-12(13-3)15-8-9-16-11(5-2)10-15/h1,11H,5-10H2,2-3H3,(H,13,14). The molecule has 3 nitrogen and oxygen atoms in total. The number of hydrogen-bond donors (Lipinski definition) is 1. The number of hydrogen-bond acceptors (Lipinski definition) is 2. The number of aliphatic imine (C=N–C) groups is 1. The van der Waals surface area contributed by atoms with Gasteiger partial charge in [-0.3, -0.25) is 4.99 Å². The lowest BCUT2D eigenvalue weighted by molar-refractivity contribution is 0.409. The zero-order valence-electron chi connectivity index (χ0n) is 10.2. The van der Waals surface area contributed by atoms with Crippen molar-refractivity contribution in [3.8, 4) is 12.3 Å². The van der Waals surface area contributed by atoms with Crippen LogP contribution in [-0.4, -0.2) is 48.5 Å². The lowest BCUT2D eigenvalue weighted by Crippen LogP contribution is -2.48. The van der Waals surface area contributed by atoms with Crippen LogP contribution in [0.15, 0.2) is 4.99 Å². The smallest absolute Gasteiger partial charge is 0.193 e. The van der Waals surface area contributed by atoms with Crippen molar-refractivity contribution in [1.82, 2.24) is 10.2 Å². The highest BCUT2D eigenvalue weighted by Crippen LogP contribution is 2.20. The van der Waals surface area contributed by atoms with Crippen molar-refractivity contribution in [2.24, 2.45) is 4.99 Å². The van der Waals surface area contributed by atoms with Crippen LogP contribution in [0.4, 0.5) is 0 Å². The Balaban J connectivity index is 2.43. The van der Waals surface area contributed by atoms with Gasteiger partial charge in [-0.05, 0) is 6.42 Å². The maximum absolute atomic E-state index is 5.23. The van der Waals surface area contributed by atoms with Gasteiger partial charge < -0.3 is 10.2 Å². The molecule has 1 rings (SSSR count). The third-order valence-electron chi connectivity index (χ3n) is 2.66. The van der Waals surface area contributed by atoms with Crippen LogP contribution in [0, 0.1) is 12.3 Å². The van der Waals surface area contributed by atoms with Gasteiger partial charge in [-0.2, -0.15) is 11.8 Å². The molecular formula is C12H21N3S. The molecule has 1 fully saturated rings. The summed E-state index contributed by atoms with van der Waals surface area (Å²) in [7, 11) is 1.83. The topological polar surface area (TPSA) is 27.6 Å². The van der Waals surface area contributed by atoms with Crippen LogP contribution in [-0.2, 0) is 0 Å². The fraction of sp³-hybridized carbons (Fsp3) is 0.750. The Morgan fingerprint density at radius 1 is 1.69 bits per heavy atom. The highest BCUT2D eigenvalue weighted by atomic mass is 32.2. The van der Waals surface area contributed by atoms with E-state index in [1.54, 1.807) is 0 Å². The molecule has 0 aromatic rings. The Labute approximate surface area is 103 Å². The molecule has 0 aromatic carbocycles. The zero-order valence-corrected chi connectivity index (χ0v) is 11.0. The van der Waals surface area contributed by atoms with Crippen LogP contribution in [0.5, 0.6) is 0 Å². The highest BCUT2D eigenvalue weighted by Gasteiger charge is 2.20. The van der Waals surface area contributed by atoms with Gasteiger partial charge in [0.15, 0.2) is 5.96 Å². The molecule has 0 radical (unpaired) electrons. The molecule has 90 valence electrons. The molecule has 0 amide bonds. The summed E-state index contributed by atoms with van der Waals surface area (Å²) in [5.74, 6) is 4.81. The van der Waals surface area contributed by atoms with E-state index in [4.69, 9.17) is 6.42 Å². The molecule has 0 spiro atoms. The normalized spacial score (nSPS) is 21.7. The summed E-state index contributed by atoms with van der Waals surface area (Å²) in [5, 5.41) is 4.04. The minimum Gasteiger partial charge on any atom is -0.355 e. The van der Waals surface area contributed by atoms with Gasteiger partial charge in [-0.25, -0.2) is 0 Å². The summed E-state index contributed by atoms with van der Waals surface area (Å²) in [6, 6.07) is 0. The molecule has 0 aliphatic carbocycles. The highest BCUT2D eigenvalue weighted by molar-refractivity contribution is 8.00. The Morgan fingerprint density at radius 2 is 2.50 bits per heavy atom. The molecule has 4 heteroatoms. The minimum absolute atomic E-state index is 0.736. The lowest BCUT2D eigenvalue weighted by atomic mass is 10.3. The van der Waals surface area contributed by atoms with Crippen molar-refractivity contribution in [3.05, 3.63) is 0 Å². The van der Waals surface area contributed by atoms with Crippen molar-refractivity contribution >= 4 is 17.7 Å². The molecule has 1 saturated heterocycles. The van der Waals surface area contributed by atoms with Crippen LogP contribution in [0.1, 0.15) is 19.8 Å². The summed E-state index contributed by atoms with van der Waals surface area (Å²) < 4.78 is 0. The van der Waals surface area contributed by atoms with E-state index in [9.17, 15) is 0 Å². The second-order valence-electron chi connectivity index (χ2n) is 3.78. The predicted molar refractivity (Wildman–Crippen MR) is 72.9 cm³/mol. The van der Waals surface area contributed by atoms with Gasteiger partial charge in [0.05, 0.1) is 0 Å². The monoisotopic (exact) mass is 239 g/mol. The molecule has 1 atom stereocenters. The fourth-order valence-electron chi connectivity index (χ4n) is 1.74. The molecular weight excluding hydrogens is 218 g/mol. The first-order chi connectivity index (χ1) is 7.81. The number of nitrogens with zero attached hydrogens (tertiary/aromatic N) is 2. The molecule has 1 aliphatic heterocycles. The third-order valence-corrected chi connectivity index (χ3v) is 4.03. The van der Waals surface area contributed by atoms with Gasteiger partial charge >= 0.3 is 0 Å². The lowest BCUT2D eigenvalue weighted by Gasteiger charge is -2.34. The summed E-state index contributed by atoms with van der Waals surface area (Å²) in [4.78, 5) is 6.64. The maximum Gasteiger partial charge on any atom is 0.193 e.